The van der Waals surface area contributed by atoms with Gasteiger partial charge in [-0.05, 0) is 18.2 Å². The number of fused-ring (bicyclic) bond motifs is 1. The van der Waals surface area contributed by atoms with E-state index in [-0.39, 0.29) is 5.75 Å². The van der Waals surface area contributed by atoms with Crippen LogP contribution in [-0.2, 0) is 0 Å². The van der Waals surface area contributed by atoms with Gasteiger partial charge in [0.05, 0.1) is 5.69 Å². The highest BCUT2D eigenvalue weighted by molar-refractivity contribution is 5.69. The van der Waals surface area contributed by atoms with Crippen LogP contribution in [0.4, 0.5) is 5.69 Å². The Morgan fingerprint density at radius 2 is 2.06 bits per heavy atom. The van der Waals surface area contributed by atoms with E-state index in [9.17, 15) is 5.11 Å². The van der Waals surface area contributed by atoms with Crippen LogP contribution in [0.15, 0.2) is 48.8 Å². The van der Waals surface area contributed by atoms with Crippen molar-refractivity contribution in [1.82, 2.24) is 9.38 Å². The van der Waals surface area contributed by atoms with Crippen LogP contribution in [0, 0.1) is 0 Å². The molecule has 1 aromatic carbocycles. The Morgan fingerprint density at radius 3 is 2.83 bits per heavy atom. The SMILES string of the molecule is CNc1ccn2cc(-c3ccccc3O)nc2c1. The number of nitrogens with one attached hydrogen (secondary N) is 1. The second-order valence-electron chi connectivity index (χ2n) is 4.07. The van der Waals surface area contributed by atoms with Gasteiger partial charge in [-0.15, -0.1) is 0 Å². The molecule has 3 rings (SSSR count). The Hall–Kier alpha value is -2.49. The fourth-order valence-corrected chi connectivity index (χ4v) is 1.96. The number of hydrogen-bond donors (Lipinski definition) is 2. The van der Waals surface area contributed by atoms with E-state index in [1.54, 1.807) is 12.1 Å². The highest BCUT2D eigenvalue weighted by Crippen LogP contribution is 2.28. The van der Waals surface area contributed by atoms with Crippen LogP contribution in [0.2, 0.25) is 0 Å². The van der Waals surface area contributed by atoms with Crippen molar-refractivity contribution in [2.45, 2.75) is 0 Å². The van der Waals surface area contributed by atoms with Crippen LogP contribution in [0.3, 0.4) is 0 Å². The van der Waals surface area contributed by atoms with Gasteiger partial charge in [-0.3, -0.25) is 0 Å². The average Bonchev–Trinajstić information content (AvgIpc) is 2.81. The molecule has 4 nitrogen and oxygen atoms in total. The summed E-state index contributed by atoms with van der Waals surface area (Å²) in [7, 11) is 1.87. The maximum Gasteiger partial charge on any atom is 0.139 e. The van der Waals surface area contributed by atoms with Crippen molar-refractivity contribution < 1.29 is 5.11 Å². The monoisotopic (exact) mass is 239 g/mol. The van der Waals surface area contributed by atoms with Crippen molar-refractivity contribution in [2.24, 2.45) is 0 Å². The lowest BCUT2D eigenvalue weighted by molar-refractivity contribution is 0.477. The molecule has 2 N–H and O–H groups in total. The lowest BCUT2D eigenvalue weighted by Gasteiger charge is -1.98. The number of phenolic OH excluding ortho intramolecular Hbond substituents is 1. The van der Waals surface area contributed by atoms with E-state index < -0.39 is 0 Å². The van der Waals surface area contributed by atoms with Crippen LogP contribution in [0.5, 0.6) is 5.75 Å². The molecule has 0 atom stereocenters. The van der Waals surface area contributed by atoms with Crippen LogP contribution in [-0.4, -0.2) is 21.5 Å². The molecule has 0 aliphatic carbocycles. The lowest BCUT2D eigenvalue weighted by atomic mass is 10.1. The van der Waals surface area contributed by atoms with Gasteiger partial charge in [0.1, 0.15) is 11.4 Å². The molecule has 0 unspecified atom stereocenters. The summed E-state index contributed by atoms with van der Waals surface area (Å²) in [6.07, 6.45) is 3.85. The molecule has 0 amide bonds. The molecule has 0 saturated carbocycles. The average molecular weight is 239 g/mol. The van der Waals surface area contributed by atoms with Gasteiger partial charge in [-0.1, -0.05) is 12.1 Å². The standard InChI is InChI=1S/C14H13N3O/c1-15-10-6-7-17-9-12(16-14(17)8-10)11-4-2-3-5-13(11)18/h2-9,15,18H,1H3. The highest BCUT2D eigenvalue weighted by Gasteiger charge is 2.08. The second kappa shape index (κ2) is 4.07. The van der Waals surface area contributed by atoms with Crippen LogP contribution in [0.1, 0.15) is 0 Å². The molecule has 0 aliphatic heterocycles. The van der Waals surface area contributed by atoms with Gasteiger partial charge in [0.25, 0.3) is 0 Å². The fourth-order valence-electron chi connectivity index (χ4n) is 1.96. The third kappa shape index (κ3) is 1.68. The summed E-state index contributed by atoms with van der Waals surface area (Å²) in [5.41, 5.74) is 3.37. The zero-order chi connectivity index (χ0) is 12.5. The second-order valence-corrected chi connectivity index (χ2v) is 4.07. The molecule has 0 radical (unpaired) electrons. The van der Waals surface area contributed by atoms with E-state index in [2.05, 4.69) is 10.3 Å². The molecule has 2 aromatic heterocycles. The van der Waals surface area contributed by atoms with Crippen LogP contribution >= 0.6 is 0 Å². The third-order valence-electron chi connectivity index (χ3n) is 2.93. The maximum atomic E-state index is 9.83. The molecule has 18 heavy (non-hydrogen) atoms. The van der Waals surface area contributed by atoms with Gasteiger partial charge in [0, 0.05) is 36.8 Å². The number of pyridine rings is 1. The van der Waals surface area contributed by atoms with Gasteiger partial charge >= 0.3 is 0 Å². The number of aromatic nitrogens is 2. The fraction of sp³-hybridized carbons (Fsp3) is 0.0714. The molecule has 0 bridgehead atoms. The van der Waals surface area contributed by atoms with E-state index in [0.29, 0.717) is 0 Å². The van der Waals surface area contributed by atoms with Crippen LogP contribution < -0.4 is 5.32 Å². The molecule has 0 spiro atoms. The normalized spacial score (nSPS) is 10.7. The van der Waals surface area contributed by atoms with Gasteiger partial charge in [0.2, 0.25) is 0 Å². The summed E-state index contributed by atoms with van der Waals surface area (Å²) in [5.74, 6) is 0.245. The summed E-state index contributed by atoms with van der Waals surface area (Å²) in [4.78, 5) is 4.52. The van der Waals surface area contributed by atoms with Crippen molar-refractivity contribution in [3.63, 3.8) is 0 Å². The van der Waals surface area contributed by atoms with Gasteiger partial charge in [0.15, 0.2) is 0 Å². The first-order valence-corrected chi connectivity index (χ1v) is 5.73. The zero-order valence-corrected chi connectivity index (χ0v) is 9.96. The van der Waals surface area contributed by atoms with E-state index in [1.165, 1.54) is 0 Å². The predicted octanol–water partition coefficient (Wildman–Crippen LogP) is 2.75. The quantitative estimate of drug-likeness (QED) is 0.723. The number of nitrogens with zero attached hydrogens (tertiary/aromatic N) is 2. The molecular weight excluding hydrogens is 226 g/mol. The Labute approximate surface area is 105 Å². The largest absolute Gasteiger partial charge is 0.507 e. The minimum atomic E-state index is 0.245. The third-order valence-corrected chi connectivity index (χ3v) is 2.93. The van der Waals surface area contributed by atoms with Gasteiger partial charge in [-0.25, -0.2) is 4.98 Å². The molecule has 0 saturated heterocycles. The zero-order valence-electron chi connectivity index (χ0n) is 9.96. The highest BCUT2D eigenvalue weighted by atomic mass is 16.3. The van der Waals surface area contributed by atoms with Crippen molar-refractivity contribution in [2.75, 3.05) is 12.4 Å². The Kier molecular flexibility index (Phi) is 2.41. The number of anilines is 1. The molecule has 90 valence electrons. The maximum absolute atomic E-state index is 9.83. The van der Waals surface area contributed by atoms with Crippen LogP contribution in [0.25, 0.3) is 16.9 Å². The molecule has 2 heterocycles. The number of para-hydroxylation sites is 1. The molecular formula is C14H13N3O. The van der Waals surface area contributed by atoms with Gasteiger partial charge in [-0.2, -0.15) is 0 Å². The van der Waals surface area contributed by atoms with Crippen molar-refractivity contribution in [1.29, 1.82) is 0 Å². The molecule has 0 aliphatic rings. The number of hydrogen-bond acceptors (Lipinski definition) is 3. The molecule has 0 fully saturated rings. The van der Waals surface area contributed by atoms with Crippen molar-refractivity contribution >= 4 is 11.3 Å². The first-order chi connectivity index (χ1) is 8.78. The molecule has 4 heteroatoms. The van der Waals surface area contributed by atoms with Crippen molar-refractivity contribution in [3.05, 3.63) is 48.8 Å². The Bertz CT molecular complexity index is 703. The predicted molar refractivity (Wildman–Crippen MR) is 71.8 cm³/mol. The number of rotatable bonds is 2. The first-order valence-electron chi connectivity index (χ1n) is 5.73. The lowest BCUT2D eigenvalue weighted by Crippen LogP contribution is -1.89. The van der Waals surface area contributed by atoms with E-state index in [0.717, 1.165) is 22.6 Å². The number of benzene rings is 1. The van der Waals surface area contributed by atoms with E-state index >= 15 is 0 Å². The Morgan fingerprint density at radius 1 is 1.22 bits per heavy atom. The van der Waals surface area contributed by atoms with E-state index in [4.69, 9.17) is 0 Å². The number of phenols is 1. The van der Waals surface area contributed by atoms with E-state index in [1.807, 2.05) is 48.1 Å². The Balaban J connectivity index is 2.17. The summed E-state index contributed by atoms with van der Waals surface area (Å²) in [5, 5.41) is 12.9. The number of imidazole rings is 1. The topological polar surface area (TPSA) is 49.6 Å². The summed E-state index contributed by atoms with van der Waals surface area (Å²) in [6.45, 7) is 0. The van der Waals surface area contributed by atoms with Crippen molar-refractivity contribution in [3.8, 4) is 17.0 Å². The summed E-state index contributed by atoms with van der Waals surface area (Å²) in [6, 6.07) is 11.1. The summed E-state index contributed by atoms with van der Waals surface area (Å²) < 4.78 is 1.93. The minimum Gasteiger partial charge on any atom is -0.507 e. The first kappa shape index (κ1) is 10.7. The smallest absolute Gasteiger partial charge is 0.139 e. The number of aromatic hydroxyl groups is 1. The minimum absolute atomic E-state index is 0.245. The van der Waals surface area contributed by atoms with Gasteiger partial charge < -0.3 is 14.8 Å². The summed E-state index contributed by atoms with van der Waals surface area (Å²) >= 11 is 0. The molecule has 3 aromatic rings.